The van der Waals surface area contributed by atoms with Crippen LogP contribution in [0.15, 0.2) is 29.6 Å². The van der Waals surface area contributed by atoms with Crippen molar-refractivity contribution in [2.24, 2.45) is 5.92 Å². The van der Waals surface area contributed by atoms with Gasteiger partial charge >= 0.3 is 0 Å². The molecule has 90 valence electrons. The Morgan fingerprint density at radius 3 is 2.94 bits per heavy atom. The fourth-order valence-electron chi connectivity index (χ4n) is 1.38. The van der Waals surface area contributed by atoms with Gasteiger partial charge in [0.2, 0.25) is 5.16 Å². The van der Waals surface area contributed by atoms with Gasteiger partial charge in [0.15, 0.2) is 0 Å². The predicted octanol–water partition coefficient (Wildman–Crippen LogP) is 2.02. The van der Waals surface area contributed by atoms with E-state index >= 15 is 0 Å². The molecule has 0 fully saturated rings. The summed E-state index contributed by atoms with van der Waals surface area (Å²) < 4.78 is 1.85. The van der Waals surface area contributed by atoms with Crippen molar-refractivity contribution in [3.8, 4) is 0 Å². The molecular formula is C11H15N5S. The van der Waals surface area contributed by atoms with Crippen molar-refractivity contribution in [2.45, 2.75) is 31.3 Å². The summed E-state index contributed by atoms with van der Waals surface area (Å²) in [5.74, 6) is 1.33. The molecule has 5 nitrogen and oxygen atoms in total. The smallest absolute Gasteiger partial charge is 0.209 e. The monoisotopic (exact) mass is 249 g/mol. The Morgan fingerprint density at radius 2 is 2.24 bits per heavy atom. The molecule has 0 N–H and O–H groups in total. The Bertz CT molecular complexity index is 454. The van der Waals surface area contributed by atoms with Crippen LogP contribution in [0.25, 0.3) is 0 Å². The van der Waals surface area contributed by atoms with Crippen LogP contribution in [0.2, 0.25) is 0 Å². The number of hydrogen-bond donors (Lipinski definition) is 0. The summed E-state index contributed by atoms with van der Waals surface area (Å²) in [5.41, 5.74) is 1.04. The van der Waals surface area contributed by atoms with Crippen LogP contribution in [0.3, 0.4) is 0 Å². The van der Waals surface area contributed by atoms with E-state index < -0.39 is 0 Å². The van der Waals surface area contributed by atoms with E-state index in [0.717, 1.165) is 23.1 Å². The van der Waals surface area contributed by atoms with Crippen molar-refractivity contribution in [3.63, 3.8) is 0 Å². The van der Waals surface area contributed by atoms with Gasteiger partial charge in [0, 0.05) is 18.5 Å². The highest BCUT2D eigenvalue weighted by molar-refractivity contribution is 7.98. The van der Waals surface area contributed by atoms with Crippen molar-refractivity contribution in [1.29, 1.82) is 0 Å². The molecule has 6 heteroatoms. The Kier molecular flexibility index (Phi) is 4.08. The van der Waals surface area contributed by atoms with Crippen LogP contribution in [0.5, 0.6) is 0 Å². The zero-order valence-corrected chi connectivity index (χ0v) is 10.8. The molecule has 0 bridgehead atoms. The molecule has 0 radical (unpaired) electrons. The van der Waals surface area contributed by atoms with E-state index in [1.165, 1.54) is 0 Å². The molecule has 2 aromatic rings. The predicted molar refractivity (Wildman–Crippen MR) is 66.5 cm³/mol. The number of tetrazole rings is 1. The first-order valence-corrected chi connectivity index (χ1v) is 6.53. The van der Waals surface area contributed by atoms with Crippen LogP contribution in [0, 0.1) is 5.92 Å². The topological polar surface area (TPSA) is 56.5 Å². The van der Waals surface area contributed by atoms with E-state index in [0.29, 0.717) is 5.92 Å². The summed E-state index contributed by atoms with van der Waals surface area (Å²) in [6.07, 6.45) is 1.80. The van der Waals surface area contributed by atoms with E-state index in [1.54, 1.807) is 18.0 Å². The standard InChI is InChI=1S/C11H15N5S/c1-9(2)7-16-11(13-14-15-16)17-8-10-5-3-4-6-12-10/h3-6,9H,7-8H2,1-2H3. The average molecular weight is 249 g/mol. The van der Waals surface area contributed by atoms with E-state index in [-0.39, 0.29) is 0 Å². The van der Waals surface area contributed by atoms with Gasteiger partial charge in [-0.15, -0.1) is 5.10 Å². The van der Waals surface area contributed by atoms with Gasteiger partial charge in [0.05, 0.1) is 5.69 Å². The summed E-state index contributed by atoms with van der Waals surface area (Å²) in [6, 6.07) is 5.90. The van der Waals surface area contributed by atoms with E-state index in [1.807, 2.05) is 22.9 Å². The lowest BCUT2D eigenvalue weighted by Gasteiger charge is -2.06. The number of aromatic nitrogens is 5. The molecule has 0 aromatic carbocycles. The maximum absolute atomic E-state index is 4.27. The lowest BCUT2D eigenvalue weighted by atomic mass is 10.2. The molecule has 0 atom stereocenters. The third-order valence-corrected chi connectivity index (χ3v) is 3.10. The third kappa shape index (κ3) is 3.52. The summed E-state index contributed by atoms with van der Waals surface area (Å²) in [4.78, 5) is 4.27. The van der Waals surface area contributed by atoms with Crippen LogP contribution in [-0.2, 0) is 12.3 Å². The SMILES string of the molecule is CC(C)Cn1nnnc1SCc1ccccn1. The maximum Gasteiger partial charge on any atom is 0.209 e. The molecule has 0 aliphatic rings. The largest absolute Gasteiger partial charge is 0.260 e. The van der Waals surface area contributed by atoms with Crippen LogP contribution >= 0.6 is 11.8 Å². The number of thioether (sulfide) groups is 1. The number of nitrogens with zero attached hydrogens (tertiary/aromatic N) is 5. The quantitative estimate of drug-likeness (QED) is 0.759. The molecule has 2 rings (SSSR count). The highest BCUT2D eigenvalue weighted by Crippen LogP contribution is 2.19. The number of hydrogen-bond acceptors (Lipinski definition) is 5. The van der Waals surface area contributed by atoms with E-state index in [9.17, 15) is 0 Å². The second-order valence-electron chi connectivity index (χ2n) is 4.15. The van der Waals surface area contributed by atoms with Crippen molar-refractivity contribution in [3.05, 3.63) is 30.1 Å². The summed E-state index contributed by atoms with van der Waals surface area (Å²) in [7, 11) is 0. The van der Waals surface area contributed by atoms with Gasteiger partial charge in [0.1, 0.15) is 0 Å². The van der Waals surface area contributed by atoms with Gasteiger partial charge in [-0.05, 0) is 28.5 Å². The second-order valence-corrected chi connectivity index (χ2v) is 5.09. The lowest BCUT2D eigenvalue weighted by molar-refractivity contribution is 0.446. The van der Waals surface area contributed by atoms with Crippen molar-refractivity contribution < 1.29 is 0 Å². The van der Waals surface area contributed by atoms with E-state index in [2.05, 4.69) is 34.4 Å². The maximum atomic E-state index is 4.27. The molecule has 0 saturated heterocycles. The fraction of sp³-hybridized carbons (Fsp3) is 0.455. The molecule has 0 aliphatic heterocycles. The molecule has 0 unspecified atom stereocenters. The Hall–Kier alpha value is -1.43. The molecular weight excluding hydrogens is 234 g/mol. The molecule has 0 aliphatic carbocycles. The highest BCUT2D eigenvalue weighted by Gasteiger charge is 2.08. The molecule has 0 spiro atoms. The minimum Gasteiger partial charge on any atom is -0.260 e. The lowest BCUT2D eigenvalue weighted by Crippen LogP contribution is -2.07. The third-order valence-electron chi connectivity index (χ3n) is 2.11. The van der Waals surface area contributed by atoms with Crippen molar-refractivity contribution in [2.75, 3.05) is 0 Å². The van der Waals surface area contributed by atoms with Gasteiger partial charge in [-0.25, -0.2) is 4.68 Å². The van der Waals surface area contributed by atoms with Crippen LogP contribution in [-0.4, -0.2) is 25.2 Å². The first-order valence-electron chi connectivity index (χ1n) is 5.54. The minimum absolute atomic E-state index is 0.535. The summed E-state index contributed by atoms with van der Waals surface area (Å²) >= 11 is 1.61. The Balaban J connectivity index is 1.97. The number of pyridine rings is 1. The molecule has 17 heavy (non-hydrogen) atoms. The zero-order valence-electron chi connectivity index (χ0n) is 9.95. The number of rotatable bonds is 5. The van der Waals surface area contributed by atoms with Crippen LogP contribution in [0.4, 0.5) is 0 Å². The Morgan fingerprint density at radius 1 is 1.35 bits per heavy atom. The first-order chi connectivity index (χ1) is 8.25. The molecule has 2 aromatic heterocycles. The normalized spacial score (nSPS) is 11.0. The molecule has 2 heterocycles. The van der Waals surface area contributed by atoms with Gasteiger partial charge in [-0.1, -0.05) is 31.7 Å². The molecule has 0 saturated carbocycles. The summed E-state index contributed by atoms with van der Waals surface area (Å²) in [5, 5.41) is 12.6. The average Bonchev–Trinajstić information content (AvgIpc) is 2.74. The summed E-state index contributed by atoms with van der Waals surface area (Å²) in [6.45, 7) is 5.14. The highest BCUT2D eigenvalue weighted by atomic mass is 32.2. The van der Waals surface area contributed by atoms with Gasteiger partial charge < -0.3 is 0 Å². The first kappa shape index (κ1) is 12.0. The van der Waals surface area contributed by atoms with Gasteiger partial charge in [-0.3, -0.25) is 4.98 Å². The van der Waals surface area contributed by atoms with Crippen molar-refractivity contribution in [1.82, 2.24) is 25.2 Å². The van der Waals surface area contributed by atoms with Gasteiger partial charge in [0.25, 0.3) is 0 Å². The fourth-order valence-corrected chi connectivity index (χ4v) is 2.18. The van der Waals surface area contributed by atoms with Crippen LogP contribution in [0.1, 0.15) is 19.5 Å². The van der Waals surface area contributed by atoms with Crippen molar-refractivity contribution >= 4 is 11.8 Å². The zero-order chi connectivity index (χ0) is 12.1. The Labute approximate surface area is 105 Å². The van der Waals surface area contributed by atoms with E-state index in [4.69, 9.17) is 0 Å². The van der Waals surface area contributed by atoms with Crippen LogP contribution < -0.4 is 0 Å². The molecule has 0 amide bonds. The second kappa shape index (κ2) is 5.77. The van der Waals surface area contributed by atoms with Gasteiger partial charge in [-0.2, -0.15) is 0 Å². The minimum atomic E-state index is 0.535.